The van der Waals surface area contributed by atoms with Crippen molar-refractivity contribution in [3.8, 4) is 0 Å². The molecule has 0 unspecified atom stereocenters. The Bertz CT molecular complexity index is 493. The second-order valence-corrected chi connectivity index (χ2v) is 4.73. The van der Waals surface area contributed by atoms with Gasteiger partial charge in [-0.2, -0.15) is 4.80 Å². The summed E-state index contributed by atoms with van der Waals surface area (Å²) in [6.45, 7) is 0. The Kier molecular flexibility index (Phi) is 2.95. The predicted octanol–water partition coefficient (Wildman–Crippen LogP) is 1.13. The summed E-state index contributed by atoms with van der Waals surface area (Å²) in [7, 11) is 1.64. The first-order valence-electron chi connectivity index (χ1n) is 3.95. The Morgan fingerprint density at radius 2 is 2.47 bits per heavy atom. The second kappa shape index (κ2) is 4.23. The van der Waals surface area contributed by atoms with E-state index in [2.05, 4.69) is 43.3 Å². The minimum absolute atomic E-state index is 0.206. The molecule has 8 heteroatoms. The van der Waals surface area contributed by atoms with Crippen molar-refractivity contribution in [2.75, 3.05) is 5.32 Å². The normalized spacial score (nSPS) is 10.3. The highest BCUT2D eigenvalue weighted by atomic mass is 127. The minimum Gasteiger partial charge on any atom is -0.287 e. The number of carbonyl (C=O) groups excluding carboxylic acids is 1. The molecule has 2 aromatic rings. The molecule has 0 spiro atoms. The topological polar surface area (TPSA) is 72.7 Å². The van der Waals surface area contributed by atoms with Crippen LogP contribution in [0.3, 0.4) is 0 Å². The van der Waals surface area contributed by atoms with Gasteiger partial charge in [-0.1, -0.05) is 5.10 Å². The molecule has 2 rings (SSSR count). The van der Waals surface area contributed by atoms with Crippen LogP contribution in [0, 0.1) is 3.57 Å². The third kappa shape index (κ3) is 2.31. The van der Waals surface area contributed by atoms with Crippen molar-refractivity contribution in [2.24, 2.45) is 7.05 Å². The van der Waals surface area contributed by atoms with E-state index in [1.807, 2.05) is 11.4 Å². The minimum atomic E-state index is -0.206. The summed E-state index contributed by atoms with van der Waals surface area (Å²) in [4.78, 5) is 13.6. The van der Waals surface area contributed by atoms with Crippen molar-refractivity contribution >= 4 is 45.8 Å². The largest absolute Gasteiger partial charge is 0.287 e. The van der Waals surface area contributed by atoms with Gasteiger partial charge in [0.25, 0.3) is 11.9 Å². The Hall–Kier alpha value is -1.03. The molecule has 0 saturated carbocycles. The van der Waals surface area contributed by atoms with Gasteiger partial charge in [-0.15, -0.1) is 16.4 Å². The highest BCUT2D eigenvalue weighted by Gasteiger charge is 2.13. The fourth-order valence-electron chi connectivity index (χ4n) is 0.948. The molecule has 2 aromatic heterocycles. The van der Waals surface area contributed by atoms with Crippen molar-refractivity contribution in [1.29, 1.82) is 0 Å². The van der Waals surface area contributed by atoms with Crippen molar-refractivity contribution in [3.63, 3.8) is 0 Å². The van der Waals surface area contributed by atoms with Crippen LogP contribution in [0.15, 0.2) is 11.4 Å². The molecule has 2 heterocycles. The van der Waals surface area contributed by atoms with Gasteiger partial charge in [-0.3, -0.25) is 10.1 Å². The third-order valence-corrected chi connectivity index (χ3v) is 3.74. The van der Waals surface area contributed by atoms with Gasteiger partial charge in [-0.05, 0) is 39.3 Å². The number of nitrogens with zero attached hydrogens (tertiary/aromatic N) is 4. The number of rotatable bonds is 2. The summed E-state index contributed by atoms with van der Waals surface area (Å²) in [6.07, 6.45) is 0. The maximum atomic E-state index is 11.7. The van der Waals surface area contributed by atoms with Crippen LogP contribution < -0.4 is 5.32 Å². The van der Waals surface area contributed by atoms with Crippen LogP contribution in [0.25, 0.3) is 0 Å². The molecule has 0 atom stereocenters. The predicted molar refractivity (Wildman–Crippen MR) is 63.8 cm³/mol. The second-order valence-electron chi connectivity index (χ2n) is 2.65. The van der Waals surface area contributed by atoms with Crippen molar-refractivity contribution in [1.82, 2.24) is 20.2 Å². The molecule has 1 N–H and O–H groups in total. The van der Waals surface area contributed by atoms with Gasteiger partial charge in [0.15, 0.2) is 0 Å². The third-order valence-electron chi connectivity index (χ3n) is 1.56. The van der Waals surface area contributed by atoms with E-state index in [1.165, 1.54) is 16.1 Å². The SMILES string of the molecule is Cn1nnc(NC(=O)c2sccc2I)n1. The Morgan fingerprint density at radius 3 is 3.00 bits per heavy atom. The van der Waals surface area contributed by atoms with E-state index in [0.29, 0.717) is 4.88 Å². The molecule has 0 aromatic carbocycles. The number of thiophene rings is 1. The number of anilines is 1. The Morgan fingerprint density at radius 1 is 1.67 bits per heavy atom. The first-order chi connectivity index (χ1) is 7.16. The molecule has 0 fully saturated rings. The van der Waals surface area contributed by atoms with Crippen LogP contribution >= 0.6 is 33.9 Å². The van der Waals surface area contributed by atoms with Crippen LogP contribution in [0.5, 0.6) is 0 Å². The first kappa shape index (κ1) is 10.5. The number of hydrogen-bond donors (Lipinski definition) is 1. The molecular weight excluding hydrogens is 329 g/mol. The summed E-state index contributed by atoms with van der Waals surface area (Å²) < 4.78 is 0.916. The van der Waals surface area contributed by atoms with Gasteiger partial charge in [-0.25, -0.2) is 0 Å². The lowest BCUT2D eigenvalue weighted by atomic mass is 10.4. The van der Waals surface area contributed by atoms with Crippen LogP contribution in [0.4, 0.5) is 5.95 Å². The molecular formula is C7H6IN5OS. The molecule has 6 nitrogen and oxygen atoms in total. The van der Waals surface area contributed by atoms with Crippen molar-refractivity contribution in [2.45, 2.75) is 0 Å². The summed E-state index contributed by atoms with van der Waals surface area (Å²) in [5.41, 5.74) is 0. The van der Waals surface area contributed by atoms with Crippen LogP contribution in [-0.2, 0) is 7.05 Å². The summed E-state index contributed by atoms with van der Waals surface area (Å²) in [5.74, 6) is 0.00843. The monoisotopic (exact) mass is 335 g/mol. The van der Waals surface area contributed by atoms with Crippen LogP contribution in [-0.4, -0.2) is 26.1 Å². The number of hydrogen-bond acceptors (Lipinski definition) is 5. The molecule has 0 aliphatic rings. The number of amides is 1. The fraction of sp³-hybridized carbons (Fsp3) is 0.143. The standard InChI is InChI=1S/C7H6IN5OS/c1-13-11-7(10-12-13)9-6(14)5-4(8)2-3-15-5/h2-3H,1H3,(H,9,11,14). The van der Waals surface area contributed by atoms with E-state index in [0.717, 1.165) is 3.57 Å². The van der Waals surface area contributed by atoms with E-state index >= 15 is 0 Å². The zero-order chi connectivity index (χ0) is 10.8. The van der Waals surface area contributed by atoms with E-state index in [4.69, 9.17) is 0 Å². The summed E-state index contributed by atoms with van der Waals surface area (Å²) in [5, 5.41) is 15.6. The van der Waals surface area contributed by atoms with Gasteiger partial charge in [0.1, 0.15) is 4.88 Å². The quantitative estimate of drug-likeness (QED) is 0.835. The van der Waals surface area contributed by atoms with Crippen LogP contribution in [0.1, 0.15) is 9.67 Å². The summed E-state index contributed by atoms with van der Waals surface area (Å²) in [6, 6.07) is 1.88. The van der Waals surface area contributed by atoms with Crippen LogP contribution in [0.2, 0.25) is 0 Å². The van der Waals surface area contributed by atoms with Gasteiger partial charge in [0.05, 0.1) is 7.05 Å². The van der Waals surface area contributed by atoms with Crippen molar-refractivity contribution < 1.29 is 4.79 Å². The first-order valence-corrected chi connectivity index (χ1v) is 5.91. The van der Waals surface area contributed by atoms with Gasteiger partial charge >= 0.3 is 0 Å². The number of halogens is 1. The number of aromatic nitrogens is 4. The molecule has 0 aliphatic heterocycles. The van der Waals surface area contributed by atoms with Gasteiger partial charge in [0, 0.05) is 3.57 Å². The summed E-state index contributed by atoms with van der Waals surface area (Å²) >= 11 is 3.49. The molecule has 78 valence electrons. The maximum Gasteiger partial charge on any atom is 0.270 e. The molecule has 0 saturated heterocycles. The molecule has 15 heavy (non-hydrogen) atoms. The smallest absolute Gasteiger partial charge is 0.270 e. The molecule has 0 aliphatic carbocycles. The molecule has 0 radical (unpaired) electrons. The van der Waals surface area contributed by atoms with Gasteiger partial charge < -0.3 is 0 Å². The lowest BCUT2D eigenvalue weighted by molar-refractivity contribution is 0.102. The van der Waals surface area contributed by atoms with E-state index in [9.17, 15) is 4.79 Å². The lowest BCUT2D eigenvalue weighted by Crippen LogP contribution is -2.12. The number of carbonyl (C=O) groups is 1. The number of aryl methyl sites for hydroxylation is 1. The van der Waals surface area contributed by atoms with E-state index in [-0.39, 0.29) is 11.9 Å². The lowest BCUT2D eigenvalue weighted by Gasteiger charge is -1.97. The van der Waals surface area contributed by atoms with E-state index < -0.39 is 0 Å². The zero-order valence-corrected chi connectivity index (χ0v) is 10.6. The van der Waals surface area contributed by atoms with E-state index in [1.54, 1.807) is 7.05 Å². The van der Waals surface area contributed by atoms with Gasteiger partial charge in [0.2, 0.25) is 0 Å². The average molecular weight is 335 g/mol. The zero-order valence-electron chi connectivity index (χ0n) is 7.64. The highest BCUT2D eigenvalue weighted by Crippen LogP contribution is 2.19. The fourth-order valence-corrected chi connectivity index (χ4v) is 2.68. The number of nitrogens with one attached hydrogen (secondary N) is 1. The Balaban J connectivity index is 2.14. The maximum absolute atomic E-state index is 11.7. The average Bonchev–Trinajstić information content (AvgIpc) is 2.75. The number of tetrazole rings is 1. The van der Waals surface area contributed by atoms with Crippen molar-refractivity contribution in [3.05, 3.63) is 19.9 Å². The Labute approximate surface area is 103 Å². The molecule has 1 amide bonds. The highest BCUT2D eigenvalue weighted by molar-refractivity contribution is 14.1. The molecule has 0 bridgehead atoms.